The Bertz CT molecular complexity index is 273. The van der Waals surface area contributed by atoms with E-state index in [4.69, 9.17) is 5.73 Å². The highest BCUT2D eigenvalue weighted by atomic mass is 15.3. The van der Waals surface area contributed by atoms with Crippen LogP contribution in [0, 0.1) is 0 Å². The Balaban J connectivity index is 2.09. The number of nitrogens with two attached hydrogens (primary N) is 1. The highest BCUT2D eigenvalue weighted by Crippen LogP contribution is 2.34. The molecule has 1 aliphatic heterocycles. The molecule has 0 radical (unpaired) electrons. The molecule has 1 aliphatic carbocycles. The maximum absolute atomic E-state index is 6.25. The summed E-state index contributed by atoms with van der Waals surface area (Å²) in [6.45, 7) is 11.3. The zero-order valence-corrected chi connectivity index (χ0v) is 13.2. The smallest absolute Gasteiger partial charge is 0.0473 e. The summed E-state index contributed by atoms with van der Waals surface area (Å²) < 4.78 is 0. The van der Waals surface area contributed by atoms with Gasteiger partial charge in [0, 0.05) is 37.3 Å². The lowest BCUT2D eigenvalue weighted by Crippen LogP contribution is -2.59. The van der Waals surface area contributed by atoms with Crippen molar-refractivity contribution >= 4 is 0 Å². The molecule has 1 saturated heterocycles. The first kappa shape index (κ1) is 15.3. The predicted octanol–water partition coefficient (Wildman–Crippen LogP) is 2.45. The standard InChI is InChI=1S/C16H33N3/c1-4-19(15-8-6-5-7-9-15)16(12-17)10-11-18(13-16)14(2)3/h14-15H,4-13,17H2,1-3H3. The molecule has 2 N–H and O–H groups in total. The molecule has 2 fully saturated rings. The first-order valence-corrected chi connectivity index (χ1v) is 8.34. The van der Waals surface area contributed by atoms with Gasteiger partial charge in [0.25, 0.3) is 0 Å². The van der Waals surface area contributed by atoms with Crippen LogP contribution in [0.2, 0.25) is 0 Å². The molecule has 112 valence electrons. The van der Waals surface area contributed by atoms with E-state index in [9.17, 15) is 0 Å². The lowest BCUT2D eigenvalue weighted by molar-refractivity contribution is 0.0382. The molecular weight excluding hydrogens is 234 g/mol. The Morgan fingerprint density at radius 2 is 1.95 bits per heavy atom. The van der Waals surface area contributed by atoms with E-state index in [0.717, 1.165) is 19.1 Å². The van der Waals surface area contributed by atoms with Gasteiger partial charge in [0.1, 0.15) is 0 Å². The quantitative estimate of drug-likeness (QED) is 0.830. The summed E-state index contributed by atoms with van der Waals surface area (Å²) >= 11 is 0. The van der Waals surface area contributed by atoms with Gasteiger partial charge in [0.05, 0.1) is 0 Å². The fourth-order valence-electron chi connectivity index (χ4n) is 4.22. The zero-order valence-electron chi connectivity index (χ0n) is 13.2. The molecule has 1 heterocycles. The molecule has 3 nitrogen and oxygen atoms in total. The van der Waals surface area contributed by atoms with E-state index in [0.29, 0.717) is 6.04 Å². The first-order chi connectivity index (χ1) is 9.13. The maximum atomic E-state index is 6.25. The average molecular weight is 267 g/mol. The van der Waals surface area contributed by atoms with Crippen LogP contribution >= 0.6 is 0 Å². The summed E-state index contributed by atoms with van der Waals surface area (Å²) in [4.78, 5) is 5.38. The Kier molecular flexibility index (Phi) is 5.27. The molecule has 0 spiro atoms. The Morgan fingerprint density at radius 3 is 2.42 bits per heavy atom. The molecule has 2 rings (SSSR count). The third-order valence-corrected chi connectivity index (χ3v) is 5.44. The highest BCUT2D eigenvalue weighted by molar-refractivity contribution is 5.02. The van der Waals surface area contributed by atoms with Gasteiger partial charge in [-0.05, 0) is 39.7 Å². The Hall–Kier alpha value is -0.120. The van der Waals surface area contributed by atoms with Gasteiger partial charge in [0.15, 0.2) is 0 Å². The van der Waals surface area contributed by atoms with Gasteiger partial charge in [-0.25, -0.2) is 0 Å². The molecule has 3 heteroatoms. The summed E-state index contributed by atoms with van der Waals surface area (Å²) in [6, 6.07) is 1.44. The highest BCUT2D eigenvalue weighted by Gasteiger charge is 2.44. The van der Waals surface area contributed by atoms with Crippen LogP contribution in [-0.2, 0) is 0 Å². The monoisotopic (exact) mass is 267 g/mol. The maximum Gasteiger partial charge on any atom is 0.0473 e. The summed E-state index contributed by atoms with van der Waals surface area (Å²) in [7, 11) is 0. The molecule has 19 heavy (non-hydrogen) atoms. The van der Waals surface area contributed by atoms with Crippen LogP contribution in [0.15, 0.2) is 0 Å². The van der Waals surface area contributed by atoms with Gasteiger partial charge in [0.2, 0.25) is 0 Å². The topological polar surface area (TPSA) is 32.5 Å². The van der Waals surface area contributed by atoms with Gasteiger partial charge < -0.3 is 5.73 Å². The van der Waals surface area contributed by atoms with Crippen LogP contribution in [0.4, 0.5) is 0 Å². The fraction of sp³-hybridized carbons (Fsp3) is 1.00. The number of rotatable bonds is 5. The SMILES string of the molecule is CCN(C1CCCCC1)C1(CN)CCN(C(C)C)C1. The van der Waals surface area contributed by atoms with Crippen LogP contribution in [0.5, 0.6) is 0 Å². The molecule has 2 aliphatic rings. The largest absolute Gasteiger partial charge is 0.329 e. The van der Waals surface area contributed by atoms with Crippen molar-refractivity contribution in [1.29, 1.82) is 0 Å². The lowest BCUT2D eigenvalue weighted by Gasteiger charge is -2.46. The number of hydrogen-bond donors (Lipinski definition) is 1. The summed E-state index contributed by atoms with van der Waals surface area (Å²) in [5, 5.41) is 0. The second-order valence-electron chi connectivity index (χ2n) is 6.82. The van der Waals surface area contributed by atoms with Crippen molar-refractivity contribution in [3.8, 4) is 0 Å². The number of likely N-dealkylation sites (N-methyl/N-ethyl adjacent to an activating group) is 1. The lowest BCUT2D eigenvalue weighted by atomic mass is 9.87. The van der Waals surface area contributed by atoms with E-state index in [1.54, 1.807) is 0 Å². The van der Waals surface area contributed by atoms with E-state index < -0.39 is 0 Å². The van der Waals surface area contributed by atoms with Crippen LogP contribution < -0.4 is 5.73 Å². The molecule has 1 saturated carbocycles. The molecule has 0 bridgehead atoms. The van der Waals surface area contributed by atoms with Crippen molar-refractivity contribution in [1.82, 2.24) is 9.80 Å². The van der Waals surface area contributed by atoms with Crippen LogP contribution in [0.1, 0.15) is 59.3 Å². The second kappa shape index (κ2) is 6.55. The van der Waals surface area contributed by atoms with Crippen molar-refractivity contribution in [3.05, 3.63) is 0 Å². The van der Waals surface area contributed by atoms with Gasteiger partial charge in [-0.15, -0.1) is 0 Å². The Labute approximate surface area is 119 Å². The van der Waals surface area contributed by atoms with Crippen molar-refractivity contribution in [2.45, 2.75) is 76.9 Å². The van der Waals surface area contributed by atoms with Gasteiger partial charge in [-0.3, -0.25) is 9.80 Å². The van der Waals surface area contributed by atoms with Gasteiger partial charge in [-0.2, -0.15) is 0 Å². The molecule has 0 aromatic rings. The molecule has 0 amide bonds. The van der Waals surface area contributed by atoms with Crippen LogP contribution in [-0.4, -0.2) is 53.6 Å². The van der Waals surface area contributed by atoms with Crippen molar-refractivity contribution in [3.63, 3.8) is 0 Å². The van der Waals surface area contributed by atoms with E-state index in [1.807, 2.05) is 0 Å². The number of hydrogen-bond acceptors (Lipinski definition) is 3. The van der Waals surface area contributed by atoms with Crippen LogP contribution in [0.3, 0.4) is 0 Å². The Morgan fingerprint density at radius 1 is 1.26 bits per heavy atom. The molecule has 0 aromatic carbocycles. The molecular formula is C16H33N3. The van der Waals surface area contributed by atoms with Crippen LogP contribution in [0.25, 0.3) is 0 Å². The summed E-state index contributed by atoms with van der Waals surface area (Å²) in [5.41, 5.74) is 6.50. The van der Waals surface area contributed by atoms with Gasteiger partial charge in [-0.1, -0.05) is 26.2 Å². The zero-order chi connectivity index (χ0) is 13.9. The minimum Gasteiger partial charge on any atom is -0.329 e. The molecule has 1 unspecified atom stereocenters. The molecule has 1 atom stereocenters. The van der Waals surface area contributed by atoms with Crippen molar-refractivity contribution < 1.29 is 0 Å². The van der Waals surface area contributed by atoms with E-state index in [-0.39, 0.29) is 5.54 Å². The van der Waals surface area contributed by atoms with Crippen molar-refractivity contribution in [2.24, 2.45) is 5.73 Å². The average Bonchev–Trinajstić information content (AvgIpc) is 2.87. The minimum atomic E-state index is 0.251. The number of nitrogens with zero attached hydrogens (tertiary/aromatic N) is 2. The predicted molar refractivity (Wildman–Crippen MR) is 82.4 cm³/mol. The first-order valence-electron chi connectivity index (χ1n) is 8.34. The van der Waals surface area contributed by atoms with Crippen molar-refractivity contribution in [2.75, 3.05) is 26.2 Å². The fourth-order valence-corrected chi connectivity index (χ4v) is 4.22. The third-order valence-electron chi connectivity index (χ3n) is 5.44. The number of likely N-dealkylation sites (tertiary alicyclic amines) is 1. The normalized spacial score (nSPS) is 30.6. The third kappa shape index (κ3) is 3.14. The van der Waals surface area contributed by atoms with E-state index >= 15 is 0 Å². The summed E-state index contributed by atoms with van der Waals surface area (Å²) in [5.74, 6) is 0. The van der Waals surface area contributed by atoms with E-state index in [1.165, 1.54) is 51.6 Å². The molecule has 0 aromatic heterocycles. The van der Waals surface area contributed by atoms with E-state index in [2.05, 4.69) is 30.6 Å². The minimum absolute atomic E-state index is 0.251. The second-order valence-corrected chi connectivity index (χ2v) is 6.82. The summed E-state index contributed by atoms with van der Waals surface area (Å²) in [6.07, 6.45) is 8.29. The van der Waals surface area contributed by atoms with Gasteiger partial charge >= 0.3 is 0 Å².